The molecule has 3 aromatic rings. The molecule has 4 heteroatoms. The average molecular weight is 411 g/mol. The molecule has 0 amide bonds. The first-order valence-electron chi connectivity index (χ1n) is 11.3. The molecule has 0 bridgehead atoms. The van der Waals surface area contributed by atoms with Gasteiger partial charge in [0.05, 0.1) is 31.8 Å². The highest BCUT2D eigenvalue weighted by atomic mass is 16.5. The Morgan fingerprint density at radius 3 is 1.60 bits per heavy atom. The van der Waals surface area contributed by atoms with Crippen LogP contribution in [0.2, 0.25) is 0 Å². The van der Waals surface area contributed by atoms with Gasteiger partial charge in [0, 0.05) is 16.2 Å². The Hall–Kier alpha value is -2.62. The maximum absolute atomic E-state index is 6.33. The predicted octanol–water partition coefficient (Wildman–Crippen LogP) is 7.15. The molecule has 0 radical (unpaired) electrons. The molecule has 0 unspecified atom stereocenters. The molecule has 0 aliphatic heterocycles. The Labute approximate surface area is 180 Å². The van der Waals surface area contributed by atoms with Crippen LogP contribution >= 0.6 is 0 Å². The molecule has 0 atom stereocenters. The summed E-state index contributed by atoms with van der Waals surface area (Å²) in [4.78, 5) is 0. The van der Waals surface area contributed by atoms with Gasteiger partial charge in [0.2, 0.25) is 0 Å². The standard InChI is InChI=1S/C26H34O4/c1-5-15-27-22-14-13-21-23(26(22)30-18-8-4)25(29-17-7-3)20-12-10-9-11-19(20)24(21)28-16-6-2/h9-14H,5-8,15-18H2,1-4H3. The highest BCUT2D eigenvalue weighted by Gasteiger charge is 2.22. The van der Waals surface area contributed by atoms with Crippen LogP contribution in [-0.4, -0.2) is 26.4 Å². The van der Waals surface area contributed by atoms with E-state index in [1.54, 1.807) is 0 Å². The minimum Gasteiger partial charge on any atom is -0.492 e. The van der Waals surface area contributed by atoms with E-state index in [0.29, 0.717) is 26.4 Å². The van der Waals surface area contributed by atoms with Gasteiger partial charge in [0.25, 0.3) is 0 Å². The van der Waals surface area contributed by atoms with E-state index in [2.05, 4.69) is 45.9 Å². The van der Waals surface area contributed by atoms with Crippen LogP contribution in [0, 0.1) is 0 Å². The topological polar surface area (TPSA) is 36.9 Å². The van der Waals surface area contributed by atoms with Crippen LogP contribution < -0.4 is 18.9 Å². The monoisotopic (exact) mass is 410 g/mol. The van der Waals surface area contributed by atoms with Crippen LogP contribution in [0.4, 0.5) is 0 Å². The number of ether oxygens (including phenoxy) is 4. The van der Waals surface area contributed by atoms with Crippen molar-refractivity contribution in [2.24, 2.45) is 0 Å². The molecule has 0 aliphatic carbocycles. The molecule has 3 rings (SSSR count). The first-order valence-corrected chi connectivity index (χ1v) is 11.3. The molecule has 0 saturated heterocycles. The van der Waals surface area contributed by atoms with Gasteiger partial charge < -0.3 is 18.9 Å². The zero-order valence-electron chi connectivity index (χ0n) is 18.8. The molecule has 0 aromatic heterocycles. The van der Waals surface area contributed by atoms with Crippen molar-refractivity contribution in [3.63, 3.8) is 0 Å². The summed E-state index contributed by atoms with van der Waals surface area (Å²) in [5, 5.41) is 4.05. The minimum atomic E-state index is 0.618. The van der Waals surface area contributed by atoms with Crippen molar-refractivity contribution < 1.29 is 18.9 Å². The Balaban J connectivity index is 2.37. The molecule has 0 heterocycles. The van der Waals surface area contributed by atoms with Gasteiger partial charge in [-0.3, -0.25) is 0 Å². The molecule has 0 saturated carbocycles. The zero-order valence-corrected chi connectivity index (χ0v) is 18.8. The molecule has 0 fully saturated rings. The Kier molecular flexibility index (Phi) is 8.06. The van der Waals surface area contributed by atoms with Crippen LogP contribution in [0.1, 0.15) is 53.4 Å². The second-order valence-electron chi connectivity index (χ2n) is 7.41. The fourth-order valence-corrected chi connectivity index (χ4v) is 3.52. The van der Waals surface area contributed by atoms with Crippen LogP contribution in [0.25, 0.3) is 21.5 Å². The Morgan fingerprint density at radius 1 is 0.500 bits per heavy atom. The molecule has 0 aliphatic rings. The lowest BCUT2D eigenvalue weighted by molar-refractivity contribution is 0.269. The first-order chi connectivity index (χ1) is 14.8. The number of fused-ring (bicyclic) bond motifs is 2. The SMILES string of the molecule is CCCOc1ccc2c(OCCC)c3ccccc3c(OCCC)c2c1OCCC. The fraction of sp³-hybridized carbons (Fsp3) is 0.462. The van der Waals surface area contributed by atoms with Crippen molar-refractivity contribution >= 4 is 21.5 Å². The van der Waals surface area contributed by atoms with E-state index < -0.39 is 0 Å². The maximum Gasteiger partial charge on any atom is 0.172 e. The van der Waals surface area contributed by atoms with Gasteiger partial charge in [-0.15, -0.1) is 0 Å². The summed E-state index contributed by atoms with van der Waals surface area (Å²) in [5.74, 6) is 3.24. The van der Waals surface area contributed by atoms with Crippen LogP contribution in [0.15, 0.2) is 36.4 Å². The molecule has 0 spiro atoms. The second-order valence-corrected chi connectivity index (χ2v) is 7.41. The average Bonchev–Trinajstić information content (AvgIpc) is 2.78. The van der Waals surface area contributed by atoms with E-state index >= 15 is 0 Å². The van der Waals surface area contributed by atoms with E-state index in [9.17, 15) is 0 Å². The summed E-state index contributed by atoms with van der Waals surface area (Å²) in [6.45, 7) is 11.0. The van der Waals surface area contributed by atoms with Crippen molar-refractivity contribution in [2.75, 3.05) is 26.4 Å². The van der Waals surface area contributed by atoms with Crippen molar-refractivity contribution in [1.82, 2.24) is 0 Å². The van der Waals surface area contributed by atoms with Gasteiger partial charge in [-0.2, -0.15) is 0 Å². The van der Waals surface area contributed by atoms with Crippen molar-refractivity contribution in [3.8, 4) is 23.0 Å². The lowest BCUT2D eigenvalue weighted by Crippen LogP contribution is -2.05. The summed E-state index contributed by atoms with van der Waals surface area (Å²) < 4.78 is 24.9. The molecule has 162 valence electrons. The lowest BCUT2D eigenvalue weighted by atomic mass is 9.99. The van der Waals surface area contributed by atoms with Gasteiger partial charge in [0.15, 0.2) is 11.5 Å². The summed E-state index contributed by atoms with van der Waals surface area (Å²) in [6, 6.07) is 12.4. The molecule has 30 heavy (non-hydrogen) atoms. The Morgan fingerprint density at radius 2 is 1.00 bits per heavy atom. The minimum absolute atomic E-state index is 0.618. The molecule has 3 aromatic carbocycles. The fourth-order valence-electron chi connectivity index (χ4n) is 3.52. The number of benzene rings is 3. The van der Waals surface area contributed by atoms with E-state index in [4.69, 9.17) is 18.9 Å². The normalized spacial score (nSPS) is 11.1. The molecular formula is C26H34O4. The molecular weight excluding hydrogens is 376 g/mol. The van der Waals surface area contributed by atoms with E-state index in [1.165, 1.54) is 0 Å². The van der Waals surface area contributed by atoms with Crippen LogP contribution in [0.3, 0.4) is 0 Å². The van der Waals surface area contributed by atoms with Gasteiger partial charge in [-0.25, -0.2) is 0 Å². The van der Waals surface area contributed by atoms with E-state index in [1.807, 2.05) is 18.2 Å². The first kappa shape index (κ1) is 22.1. The van der Waals surface area contributed by atoms with E-state index in [0.717, 1.165) is 70.2 Å². The third-order valence-corrected chi connectivity index (χ3v) is 4.82. The summed E-state index contributed by atoms with van der Waals surface area (Å²) in [7, 11) is 0. The third kappa shape index (κ3) is 4.58. The number of hydrogen-bond acceptors (Lipinski definition) is 4. The summed E-state index contributed by atoms with van der Waals surface area (Å²) in [5.41, 5.74) is 0. The predicted molar refractivity (Wildman–Crippen MR) is 125 cm³/mol. The van der Waals surface area contributed by atoms with Gasteiger partial charge >= 0.3 is 0 Å². The van der Waals surface area contributed by atoms with Crippen LogP contribution in [0.5, 0.6) is 23.0 Å². The zero-order chi connectivity index (χ0) is 21.3. The number of hydrogen-bond donors (Lipinski definition) is 0. The highest BCUT2D eigenvalue weighted by molar-refractivity contribution is 6.13. The molecule has 4 nitrogen and oxygen atoms in total. The summed E-state index contributed by atoms with van der Waals surface area (Å²) >= 11 is 0. The van der Waals surface area contributed by atoms with Gasteiger partial charge in [-0.1, -0.05) is 52.0 Å². The second kappa shape index (κ2) is 11.0. The largest absolute Gasteiger partial charge is 0.492 e. The molecule has 0 N–H and O–H groups in total. The van der Waals surface area contributed by atoms with E-state index in [-0.39, 0.29) is 0 Å². The van der Waals surface area contributed by atoms with Crippen LogP contribution in [-0.2, 0) is 0 Å². The van der Waals surface area contributed by atoms with Gasteiger partial charge in [-0.05, 0) is 37.8 Å². The lowest BCUT2D eigenvalue weighted by Gasteiger charge is -2.21. The highest BCUT2D eigenvalue weighted by Crippen LogP contribution is 2.49. The Bertz CT molecular complexity index is 964. The van der Waals surface area contributed by atoms with Crippen molar-refractivity contribution in [2.45, 2.75) is 53.4 Å². The van der Waals surface area contributed by atoms with Crippen molar-refractivity contribution in [1.29, 1.82) is 0 Å². The number of rotatable bonds is 12. The third-order valence-electron chi connectivity index (χ3n) is 4.82. The van der Waals surface area contributed by atoms with Gasteiger partial charge in [0.1, 0.15) is 11.5 Å². The smallest absolute Gasteiger partial charge is 0.172 e. The summed E-state index contributed by atoms with van der Waals surface area (Å²) in [6.07, 6.45) is 3.73. The maximum atomic E-state index is 6.33. The van der Waals surface area contributed by atoms with Crippen molar-refractivity contribution in [3.05, 3.63) is 36.4 Å². The quantitative estimate of drug-likeness (QED) is 0.297.